The van der Waals surface area contributed by atoms with E-state index in [9.17, 15) is 18.0 Å². The van der Waals surface area contributed by atoms with Crippen molar-refractivity contribution < 1.29 is 27.5 Å². The monoisotopic (exact) mass is 697 g/mol. The van der Waals surface area contributed by atoms with E-state index in [1.54, 1.807) is 49.4 Å². The maximum Gasteiger partial charge on any atom is 0.264 e. The van der Waals surface area contributed by atoms with Gasteiger partial charge in [0.25, 0.3) is 10.0 Å². The van der Waals surface area contributed by atoms with E-state index in [1.165, 1.54) is 37.3 Å². The molecule has 0 fully saturated rings. The summed E-state index contributed by atoms with van der Waals surface area (Å²) in [5, 5.41) is 3.44. The first-order chi connectivity index (χ1) is 22.5. The summed E-state index contributed by atoms with van der Waals surface area (Å²) >= 11 is 13.1. The predicted octanol–water partition coefficient (Wildman–Crippen LogP) is 6.29. The molecule has 0 spiro atoms. The van der Waals surface area contributed by atoms with Crippen molar-refractivity contribution in [1.29, 1.82) is 0 Å². The Morgan fingerprint density at radius 2 is 1.49 bits per heavy atom. The first kappa shape index (κ1) is 35.6. The first-order valence-corrected chi connectivity index (χ1v) is 17.0. The van der Waals surface area contributed by atoms with Crippen LogP contribution in [0.1, 0.15) is 23.6 Å². The lowest BCUT2D eigenvalue weighted by molar-refractivity contribution is -0.140. The number of benzene rings is 4. The summed E-state index contributed by atoms with van der Waals surface area (Å²) in [6.07, 6.45) is 0.160. The first-order valence-electron chi connectivity index (χ1n) is 14.9. The summed E-state index contributed by atoms with van der Waals surface area (Å²) in [4.78, 5) is 29.5. The Hall–Kier alpha value is -4.25. The van der Waals surface area contributed by atoms with E-state index in [-0.39, 0.29) is 29.3 Å². The minimum atomic E-state index is -4.36. The van der Waals surface area contributed by atoms with Crippen molar-refractivity contribution in [2.45, 2.75) is 37.8 Å². The number of methoxy groups -OCH3 is 2. The second kappa shape index (κ2) is 16.0. The van der Waals surface area contributed by atoms with E-state index >= 15 is 0 Å². The smallest absolute Gasteiger partial charge is 0.264 e. The van der Waals surface area contributed by atoms with E-state index in [0.29, 0.717) is 27.9 Å². The number of carbonyl (C=O) groups excluding carboxylic acids is 2. The zero-order valence-electron chi connectivity index (χ0n) is 26.6. The Balaban J connectivity index is 1.85. The number of anilines is 1. The Bertz CT molecular complexity index is 1780. The van der Waals surface area contributed by atoms with Crippen molar-refractivity contribution in [3.63, 3.8) is 0 Å². The summed E-state index contributed by atoms with van der Waals surface area (Å²) in [5.41, 5.74) is 2.39. The number of ether oxygens (including phenoxy) is 2. The van der Waals surface area contributed by atoms with Crippen LogP contribution in [0.25, 0.3) is 0 Å². The third-order valence-electron chi connectivity index (χ3n) is 7.56. The van der Waals surface area contributed by atoms with Gasteiger partial charge in [-0.05, 0) is 55.8 Å². The second-order valence-electron chi connectivity index (χ2n) is 10.7. The lowest BCUT2D eigenvalue weighted by Gasteiger charge is -2.34. The SMILES string of the molecule is CCNC(=O)[C@H](Cc1ccccc1)N(Cc1c(Cl)cccc1Cl)C(=O)CN(c1ccc(C)cc1)S(=O)(=O)c1ccc(OC)c(OC)c1. The Labute approximate surface area is 286 Å². The van der Waals surface area contributed by atoms with Crippen LogP contribution in [-0.2, 0) is 32.6 Å². The van der Waals surface area contributed by atoms with Crippen LogP contribution in [0.3, 0.4) is 0 Å². The van der Waals surface area contributed by atoms with Crippen molar-refractivity contribution in [3.8, 4) is 11.5 Å². The third kappa shape index (κ3) is 8.57. The molecule has 0 aliphatic carbocycles. The van der Waals surface area contributed by atoms with Gasteiger partial charge in [-0.15, -0.1) is 0 Å². The molecule has 4 rings (SSSR count). The van der Waals surface area contributed by atoms with E-state index in [1.807, 2.05) is 37.3 Å². The van der Waals surface area contributed by atoms with Crippen LogP contribution < -0.4 is 19.1 Å². The fraction of sp³-hybridized carbons (Fsp3) is 0.257. The number of nitrogens with one attached hydrogen (secondary N) is 1. The van der Waals surface area contributed by atoms with Gasteiger partial charge in [0.1, 0.15) is 12.6 Å². The quantitative estimate of drug-likeness (QED) is 0.166. The minimum Gasteiger partial charge on any atom is -0.493 e. The van der Waals surface area contributed by atoms with Gasteiger partial charge in [0, 0.05) is 41.2 Å². The molecule has 1 N–H and O–H groups in total. The Morgan fingerprint density at radius 3 is 2.09 bits per heavy atom. The van der Waals surface area contributed by atoms with Gasteiger partial charge < -0.3 is 19.7 Å². The summed E-state index contributed by atoms with van der Waals surface area (Å²) in [6.45, 7) is 3.19. The fourth-order valence-electron chi connectivity index (χ4n) is 5.04. The van der Waals surface area contributed by atoms with Crippen LogP contribution in [0.4, 0.5) is 5.69 Å². The van der Waals surface area contributed by atoms with Crippen LogP contribution >= 0.6 is 23.2 Å². The molecule has 0 saturated carbocycles. The standard InChI is InChI=1S/C35H37Cl2N3O6S/c1-5-38-35(42)31(20-25-10-7-6-8-11-25)39(22-28-29(36)12-9-13-30(28)37)34(41)23-40(26-16-14-24(2)15-17-26)47(43,44)27-18-19-32(45-3)33(21-27)46-4/h6-19,21,31H,5,20,22-23H2,1-4H3,(H,38,42)/t31-/m0/s1. The summed E-state index contributed by atoms with van der Waals surface area (Å²) < 4.78 is 40.4. The molecule has 47 heavy (non-hydrogen) atoms. The predicted molar refractivity (Wildman–Crippen MR) is 185 cm³/mol. The molecule has 4 aromatic carbocycles. The van der Waals surface area contributed by atoms with Gasteiger partial charge in [0.15, 0.2) is 11.5 Å². The number of carbonyl (C=O) groups is 2. The average molecular weight is 699 g/mol. The summed E-state index contributed by atoms with van der Waals surface area (Å²) in [7, 11) is -1.51. The fourth-order valence-corrected chi connectivity index (χ4v) is 6.99. The molecule has 0 heterocycles. The number of aryl methyl sites for hydroxylation is 1. The average Bonchev–Trinajstić information content (AvgIpc) is 3.06. The molecule has 1 atom stereocenters. The summed E-state index contributed by atoms with van der Waals surface area (Å²) in [6, 6.07) is 24.2. The van der Waals surface area contributed by atoms with Crippen LogP contribution in [0.15, 0.2) is 95.9 Å². The molecule has 0 saturated heterocycles. The molecule has 0 bridgehead atoms. The van der Waals surface area contributed by atoms with Gasteiger partial charge in [-0.1, -0.05) is 77.3 Å². The van der Waals surface area contributed by atoms with Crippen LogP contribution in [0, 0.1) is 6.92 Å². The number of rotatable bonds is 14. The van der Waals surface area contributed by atoms with Gasteiger partial charge >= 0.3 is 0 Å². The highest BCUT2D eigenvalue weighted by molar-refractivity contribution is 7.92. The van der Waals surface area contributed by atoms with E-state index in [2.05, 4.69) is 5.32 Å². The summed E-state index contributed by atoms with van der Waals surface area (Å²) in [5.74, 6) is -0.494. The normalized spacial score (nSPS) is 11.8. The molecule has 0 aromatic heterocycles. The Kier molecular flexibility index (Phi) is 12.1. The maximum absolute atomic E-state index is 14.6. The lowest BCUT2D eigenvalue weighted by atomic mass is 10.0. The second-order valence-corrected chi connectivity index (χ2v) is 13.4. The number of halogens is 2. The molecule has 9 nitrogen and oxygen atoms in total. The highest BCUT2D eigenvalue weighted by atomic mass is 35.5. The van der Waals surface area contributed by atoms with Crippen molar-refractivity contribution >= 4 is 50.7 Å². The zero-order chi connectivity index (χ0) is 34.1. The van der Waals surface area contributed by atoms with Crippen molar-refractivity contribution in [2.75, 3.05) is 31.6 Å². The van der Waals surface area contributed by atoms with E-state index < -0.39 is 34.4 Å². The Morgan fingerprint density at radius 1 is 0.851 bits per heavy atom. The van der Waals surface area contributed by atoms with Gasteiger partial charge in [-0.3, -0.25) is 13.9 Å². The highest BCUT2D eigenvalue weighted by Crippen LogP contribution is 2.33. The molecule has 12 heteroatoms. The molecule has 0 aliphatic heterocycles. The minimum absolute atomic E-state index is 0.117. The molecular formula is C35H37Cl2N3O6S. The molecular weight excluding hydrogens is 661 g/mol. The van der Waals surface area contributed by atoms with Crippen molar-refractivity contribution in [2.24, 2.45) is 0 Å². The molecule has 0 radical (unpaired) electrons. The van der Waals surface area contributed by atoms with Crippen LogP contribution in [0.2, 0.25) is 10.0 Å². The molecule has 248 valence electrons. The van der Waals surface area contributed by atoms with E-state index in [0.717, 1.165) is 15.4 Å². The molecule has 0 aliphatic rings. The topological polar surface area (TPSA) is 105 Å². The number of likely N-dealkylation sites (N-methyl/N-ethyl adjacent to an activating group) is 1. The number of hydrogen-bond acceptors (Lipinski definition) is 6. The largest absolute Gasteiger partial charge is 0.493 e. The van der Waals surface area contributed by atoms with Crippen molar-refractivity contribution in [3.05, 3.63) is 118 Å². The molecule has 2 amide bonds. The third-order valence-corrected chi connectivity index (χ3v) is 10.0. The maximum atomic E-state index is 14.6. The highest BCUT2D eigenvalue weighted by Gasteiger charge is 2.35. The van der Waals surface area contributed by atoms with Gasteiger partial charge in [0.05, 0.1) is 24.8 Å². The van der Waals surface area contributed by atoms with Gasteiger partial charge in [-0.2, -0.15) is 0 Å². The van der Waals surface area contributed by atoms with Crippen molar-refractivity contribution in [1.82, 2.24) is 10.2 Å². The molecule has 4 aromatic rings. The van der Waals surface area contributed by atoms with Gasteiger partial charge in [-0.25, -0.2) is 8.42 Å². The zero-order valence-corrected chi connectivity index (χ0v) is 28.9. The number of sulfonamides is 1. The van der Waals surface area contributed by atoms with Gasteiger partial charge in [0.2, 0.25) is 11.8 Å². The molecule has 0 unspecified atom stereocenters. The number of amides is 2. The number of hydrogen-bond donors (Lipinski definition) is 1. The number of nitrogens with zero attached hydrogens (tertiary/aromatic N) is 2. The van der Waals surface area contributed by atoms with E-state index in [4.69, 9.17) is 32.7 Å². The van der Waals surface area contributed by atoms with Crippen LogP contribution in [0.5, 0.6) is 11.5 Å². The van der Waals surface area contributed by atoms with Crippen LogP contribution in [-0.4, -0.2) is 58.5 Å². The lowest BCUT2D eigenvalue weighted by Crippen LogP contribution is -2.53.